The molecule has 6 nitrogen and oxygen atoms in total. The highest BCUT2D eigenvalue weighted by Crippen LogP contribution is 2.32. The molecule has 0 unspecified atom stereocenters. The average molecular weight is 464 g/mol. The summed E-state index contributed by atoms with van der Waals surface area (Å²) in [6.07, 6.45) is 1.77. The van der Waals surface area contributed by atoms with Gasteiger partial charge in [-0.2, -0.15) is 0 Å². The third kappa shape index (κ3) is 5.08. The van der Waals surface area contributed by atoms with Crippen molar-refractivity contribution >= 4 is 50.5 Å². The van der Waals surface area contributed by atoms with Crippen LogP contribution in [-0.2, 0) is 10.2 Å². The minimum atomic E-state index is -0.127. The van der Waals surface area contributed by atoms with Gasteiger partial charge in [-0.25, -0.2) is 15.0 Å². The van der Waals surface area contributed by atoms with E-state index < -0.39 is 0 Å². The lowest BCUT2D eigenvalue weighted by molar-refractivity contribution is -0.114. The molecule has 0 saturated heterocycles. The van der Waals surface area contributed by atoms with Crippen LogP contribution < -0.4 is 9.62 Å². The molecule has 4 rings (SSSR count). The second kappa shape index (κ2) is 8.88. The minimum absolute atomic E-state index is 0.127. The third-order valence-corrected chi connectivity index (χ3v) is 6.71. The molecule has 32 heavy (non-hydrogen) atoms. The van der Waals surface area contributed by atoms with Gasteiger partial charge in [-0.15, -0.1) is 0 Å². The molecule has 0 bridgehead atoms. The van der Waals surface area contributed by atoms with Crippen molar-refractivity contribution in [2.24, 2.45) is 0 Å². The first-order valence-corrected chi connectivity index (χ1v) is 11.8. The third-order valence-electron chi connectivity index (χ3n) is 4.85. The van der Waals surface area contributed by atoms with Crippen LogP contribution in [0.5, 0.6) is 0 Å². The molecular weight excluding hydrogens is 438 g/mol. The molecule has 0 radical (unpaired) electrons. The van der Waals surface area contributed by atoms with E-state index in [2.05, 4.69) is 60.3 Å². The zero-order valence-corrected chi connectivity index (χ0v) is 20.3. The molecule has 2 aromatic heterocycles. The number of carbonyl (C=O) groups is 1. The van der Waals surface area contributed by atoms with E-state index in [4.69, 9.17) is 4.98 Å². The van der Waals surface area contributed by atoms with E-state index in [9.17, 15) is 4.79 Å². The number of thiazole rings is 1. The Morgan fingerprint density at radius 2 is 1.81 bits per heavy atom. The van der Waals surface area contributed by atoms with E-state index in [1.807, 2.05) is 35.6 Å². The number of aromatic nitrogens is 3. The van der Waals surface area contributed by atoms with Crippen molar-refractivity contribution in [3.8, 4) is 11.3 Å². The van der Waals surface area contributed by atoms with Crippen molar-refractivity contribution in [2.45, 2.75) is 38.0 Å². The van der Waals surface area contributed by atoms with Crippen molar-refractivity contribution in [1.29, 1.82) is 0 Å². The van der Waals surface area contributed by atoms with Gasteiger partial charge in [-0.1, -0.05) is 50.3 Å². The number of amides is 1. The van der Waals surface area contributed by atoms with Crippen molar-refractivity contribution in [1.82, 2.24) is 15.0 Å². The van der Waals surface area contributed by atoms with Crippen molar-refractivity contribution in [2.75, 3.05) is 16.7 Å². The summed E-state index contributed by atoms with van der Waals surface area (Å²) in [5.74, 6) is 0.508. The molecular formula is C24H25N5OS2. The Kier molecular flexibility index (Phi) is 6.17. The molecule has 0 saturated carbocycles. The van der Waals surface area contributed by atoms with Crippen molar-refractivity contribution in [3.05, 3.63) is 60.3 Å². The van der Waals surface area contributed by atoms with E-state index in [0.717, 1.165) is 26.4 Å². The van der Waals surface area contributed by atoms with Crippen LogP contribution in [0.15, 0.2) is 59.6 Å². The number of nitrogens with zero attached hydrogens (tertiary/aromatic N) is 4. The Morgan fingerprint density at radius 3 is 2.50 bits per heavy atom. The van der Waals surface area contributed by atoms with Gasteiger partial charge in [0.15, 0.2) is 5.13 Å². The molecule has 0 atom stereocenters. The zero-order valence-electron chi connectivity index (χ0n) is 18.7. The molecule has 164 valence electrons. The lowest BCUT2D eigenvalue weighted by Crippen LogP contribution is -2.12. The summed E-state index contributed by atoms with van der Waals surface area (Å²) in [6.45, 7) is 8.12. The van der Waals surface area contributed by atoms with Crippen molar-refractivity contribution in [3.63, 3.8) is 0 Å². The largest absolute Gasteiger partial charge is 0.302 e. The van der Waals surface area contributed by atoms with E-state index in [-0.39, 0.29) is 11.3 Å². The first-order chi connectivity index (χ1) is 15.2. The Bertz CT molecular complexity index is 1260. The monoisotopic (exact) mass is 463 g/mol. The van der Waals surface area contributed by atoms with Crippen molar-refractivity contribution < 1.29 is 4.79 Å². The smallest absolute Gasteiger partial charge is 0.236 e. The topological polar surface area (TPSA) is 71.0 Å². The number of rotatable bonds is 5. The first kappa shape index (κ1) is 22.2. The van der Waals surface area contributed by atoms with Gasteiger partial charge in [0.1, 0.15) is 0 Å². The quantitative estimate of drug-likeness (QED) is 0.358. The number of hydrogen-bond donors (Lipinski definition) is 1. The number of nitrogens with one attached hydrogen (secondary N) is 1. The van der Waals surface area contributed by atoms with Crippen LogP contribution in [0.25, 0.3) is 21.5 Å². The molecule has 0 fully saturated rings. The van der Waals surface area contributed by atoms with Crippen LogP contribution >= 0.6 is 23.3 Å². The van der Waals surface area contributed by atoms with Gasteiger partial charge in [-0.3, -0.25) is 9.10 Å². The standard InChI is InChI=1S/C24H25N5OS2/c1-15(30)26-23-28-20-11-6-16(14-21(20)31-23)19-12-13-25-22(27-19)29(5)32-18-9-7-17(8-10-18)24(2,3)4/h6-14H,1-5H3,(H,26,28,30). The molecule has 2 aromatic carbocycles. The first-order valence-electron chi connectivity index (χ1n) is 10.2. The van der Waals surface area contributed by atoms with Crippen LogP contribution in [0, 0.1) is 0 Å². The molecule has 0 aliphatic carbocycles. The Labute approximate surface area is 196 Å². The summed E-state index contributed by atoms with van der Waals surface area (Å²) in [5.41, 5.74) is 4.11. The highest BCUT2D eigenvalue weighted by atomic mass is 32.2. The Morgan fingerprint density at radius 1 is 1.06 bits per heavy atom. The van der Waals surface area contributed by atoms with Gasteiger partial charge >= 0.3 is 0 Å². The summed E-state index contributed by atoms with van der Waals surface area (Å²) in [7, 11) is 1.97. The van der Waals surface area contributed by atoms with E-state index in [1.54, 1.807) is 18.1 Å². The van der Waals surface area contributed by atoms with Gasteiger partial charge in [0.2, 0.25) is 11.9 Å². The molecule has 0 aliphatic rings. The van der Waals surface area contributed by atoms with E-state index in [1.165, 1.54) is 23.8 Å². The summed E-state index contributed by atoms with van der Waals surface area (Å²) in [4.78, 5) is 26.1. The maximum Gasteiger partial charge on any atom is 0.236 e. The van der Waals surface area contributed by atoms with Gasteiger partial charge in [-0.05, 0) is 53.3 Å². The minimum Gasteiger partial charge on any atom is -0.302 e. The molecule has 0 aliphatic heterocycles. The van der Waals surface area contributed by atoms with Gasteiger partial charge < -0.3 is 5.32 Å². The number of carbonyl (C=O) groups excluding carboxylic acids is 1. The number of fused-ring (bicyclic) bond motifs is 1. The predicted molar refractivity (Wildman–Crippen MR) is 134 cm³/mol. The molecule has 1 N–H and O–H groups in total. The Hall–Kier alpha value is -2.97. The highest BCUT2D eigenvalue weighted by molar-refractivity contribution is 8.00. The fraction of sp³-hybridized carbons (Fsp3) is 0.250. The lowest BCUT2D eigenvalue weighted by atomic mass is 9.87. The number of hydrogen-bond acceptors (Lipinski definition) is 7. The SMILES string of the molecule is CC(=O)Nc1nc2ccc(-c3ccnc(N(C)Sc4ccc(C(C)(C)C)cc4)n3)cc2s1. The van der Waals surface area contributed by atoms with Gasteiger partial charge in [0.05, 0.1) is 15.9 Å². The summed E-state index contributed by atoms with van der Waals surface area (Å²) >= 11 is 3.04. The predicted octanol–water partition coefficient (Wildman–Crippen LogP) is 6.15. The lowest BCUT2D eigenvalue weighted by Gasteiger charge is -2.20. The molecule has 0 spiro atoms. The number of benzene rings is 2. The highest BCUT2D eigenvalue weighted by Gasteiger charge is 2.14. The van der Waals surface area contributed by atoms with Crippen LogP contribution in [0.2, 0.25) is 0 Å². The average Bonchev–Trinajstić information content (AvgIpc) is 3.14. The Balaban J connectivity index is 1.54. The fourth-order valence-corrected chi connectivity index (χ4v) is 4.86. The van der Waals surface area contributed by atoms with E-state index >= 15 is 0 Å². The zero-order chi connectivity index (χ0) is 22.9. The number of anilines is 2. The summed E-state index contributed by atoms with van der Waals surface area (Å²) in [5, 5.41) is 3.34. The van der Waals surface area contributed by atoms with Gasteiger partial charge in [0.25, 0.3) is 0 Å². The van der Waals surface area contributed by atoms with E-state index in [0.29, 0.717) is 11.1 Å². The van der Waals surface area contributed by atoms with Crippen LogP contribution in [-0.4, -0.2) is 27.9 Å². The summed E-state index contributed by atoms with van der Waals surface area (Å²) in [6, 6.07) is 16.5. The molecule has 8 heteroatoms. The maximum atomic E-state index is 11.3. The maximum absolute atomic E-state index is 11.3. The van der Waals surface area contributed by atoms with Gasteiger partial charge in [0, 0.05) is 30.6 Å². The molecule has 1 amide bonds. The van der Waals surface area contributed by atoms with Crippen LogP contribution in [0.4, 0.5) is 11.1 Å². The normalized spacial score (nSPS) is 11.5. The van der Waals surface area contributed by atoms with Crippen LogP contribution in [0.1, 0.15) is 33.3 Å². The van der Waals surface area contributed by atoms with Crippen LogP contribution in [0.3, 0.4) is 0 Å². The fourth-order valence-electron chi connectivity index (χ4n) is 3.16. The molecule has 2 heterocycles. The second-order valence-electron chi connectivity index (χ2n) is 8.49. The second-order valence-corrected chi connectivity index (χ2v) is 10.7. The molecule has 4 aromatic rings. The summed E-state index contributed by atoms with van der Waals surface area (Å²) < 4.78 is 2.96.